The van der Waals surface area contributed by atoms with Crippen LogP contribution < -0.4 is 0 Å². The lowest BCUT2D eigenvalue weighted by molar-refractivity contribution is -0.139. The standard InChI is InChI=1S/C21H23N3O3/c1-23(2)12-7-13-24-18(16-10-6-11-22-14-16)17(20(26)21(24)27)19(25)15-8-4-3-5-9-15/h3-6,8-11,14,18,25H,7,12-13H2,1-2H3/b19-17-. The fourth-order valence-corrected chi connectivity index (χ4v) is 3.30. The number of carbonyl (C=O) groups excluding carboxylic acids is 2. The average molecular weight is 365 g/mol. The molecule has 1 aliphatic rings. The van der Waals surface area contributed by atoms with Gasteiger partial charge in [0, 0.05) is 24.5 Å². The van der Waals surface area contributed by atoms with Crippen molar-refractivity contribution in [2.75, 3.05) is 27.2 Å². The largest absolute Gasteiger partial charge is 0.507 e. The third-order valence-electron chi connectivity index (χ3n) is 4.59. The van der Waals surface area contributed by atoms with E-state index in [4.69, 9.17) is 0 Å². The Morgan fingerprint density at radius 1 is 1.15 bits per heavy atom. The third-order valence-corrected chi connectivity index (χ3v) is 4.59. The molecule has 1 aromatic carbocycles. The van der Waals surface area contributed by atoms with Crippen LogP contribution in [0, 0.1) is 0 Å². The minimum atomic E-state index is -0.657. The fraction of sp³-hybridized carbons (Fsp3) is 0.286. The first-order valence-corrected chi connectivity index (χ1v) is 8.89. The lowest BCUT2D eigenvalue weighted by Crippen LogP contribution is -2.32. The second-order valence-corrected chi connectivity index (χ2v) is 6.80. The molecule has 6 nitrogen and oxygen atoms in total. The first kappa shape index (κ1) is 18.8. The van der Waals surface area contributed by atoms with E-state index in [2.05, 4.69) is 4.98 Å². The van der Waals surface area contributed by atoms with Gasteiger partial charge in [-0.1, -0.05) is 36.4 Å². The molecule has 1 aliphatic heterocycles. The number of pyridine rings is 1. The van der Waals surface area contributed by atoms with Crippen LogP contribution >= 0.6 is 0 Å². The Balaban J connectivity index is 2.05. The number of rotatable bonds is 6. The Morgan fingerprint density at radius 2 is 1.89 bits per heavy atom. The summed E-state index contributed by atoms with van der Waals surface area (Å²) >= 11 is 0. The molecule has 1 unspecified atom stereocenters. The van der Waals surface area contributed by atoms with Crippen LogP contribution in [-0.4, -0.2) is 58.8 Å². The molecular formula is C21H23N3O3. The molecule has 0 spiro atoms. The highest BCUT2D eigenvalue weighted by Crippen LogP contribution is 2.39. The van der Waals surface area contributed by atoms with Crippen molar-refractivity contribution in [2.24, 2.45) is 0 Å². The van der Waals surface area contributed by atoms with E-state index in [1.807, 2.05) is 31.1 Å². The molecule has 1 saturated heterocycles. The summed E-state index contributed by atoms with van der Waals surface area (Å²) in [4.78, 5) is 33.2. The highest BCUT2D eigenvalue weighted by atomic mass is 16.3. The molecule has 0 saturated carbocycles. The molecule has 0 bridgehead atoms. The van der Waals surface area contributed by atoms with E-state index in [9.17, 15) is 14.7 Å². The average Bonchev–Trinajstić information content (AvgIpc) is 2.93. The molecule has 1 amide bonds. The topological polar surface area (TPSA) is 73.7 Å². The zero-order valence-corrected chi connectivity index (χ0v) is 15.5. The quantitative estimate of drug-likeness (QED) is 0.484. The summed E-state index contributed by atoms with van der Waals surface area (Å²) in [5.41, 5.74) is 1.33. The van der Waals surface area contributed by atoms with E-state index in [-0.39, 0.29) is 11.3 Å². The Kier molecular flexibility index (Phi) is 5.66. The fourth-order valence-electron chi connectivity index (χ4n) is 3.30. The molecule has 2 aromatic rings. The minimum absolute atomic E-state index is 0.115. The van der Waals surface area contributed by atoms with Gasteiger partial charge < -0.3 is 14.9 Å². The second kappa shape index (κ2) is 8.14. The number of hydrogen-bond donors (Lipinski definition) is 1. The summed E-state index contributed by atoms with van der Waals surface area (Å²) in [5.74, 6) is -1.40. The maximum absolute atomic E-state index is 12.8. The van der Waals surface area contributed by atoms with Crippen molar-refractivity contribution in [3.8, 4) is 0 Å². The van der Waals surface area contributed by atoms with Gasteiger partial charge in [0.25, 0.3) is 11.7 Å². The predicted octanol–water partition coefficient (Wildman–Crippen LogP) is 2.46. The molecule has 1 atom stereocenters. The van der Waals surface area contributed by atoms with Gasteiger partial charge in [-0.2, -0.15) is 0 Å². The highest BCUT2D eigenvalue weighted by molar-refractivity contribution is 6.46. The van der Waals surface area contributed by atoms with Crippen molar-refractivity contribution in [1.82, 2.24) is 14.8 Å². The molecule has 0 aliphatic carbocycles. The second-order valence-electron chi connectivity index (χ2n) is 6.80. The van der Waals surface area contributed by atoms with Crippen LogP contribution in [0.2, 0.25) is 0 Å². The maximum Gasteiger partial charge on any atom is 0.295 e. The van der Waals surface area contributed by atoms with E-state index in [0.29, 0.717) is 17.7 Å². The molecule has 3 rings (SSSR count). The number of nitrogens with zero attached hydrogens (tertiary/aromatic N) is 3. The minimum Gasteiger partial charge on any atom is -0.507 e. The number of benzene rings is 1. The lowest BCUT2D eigenvalue weighted by Gasteiger charge is -2.25. The van der Waals surface area contributed by atoms with E-state index >= 15 is 0 Å². The van der Waals surface area contributed by atoms with Gasteiger partial charge in [0.1, 0.15) is 5.76 Å². The summed E-state index contributed by atoms with van der Waals surface area (Å²) < 4.78 is 0. The molecule has 27 heavy (non-hydrogen) atoms. The Labute approximate surface area is 158 Å². The first-order chi connectivity index (χ1) is 13.0. The smallest absolute Gasteiger partial charge is 0.295 e. The molecule has 1 N–H and O–H groups in total. The highest BCUT2D eigenvalue weighted by Gasteiger charge is 2.45. The zero-order valence-electron chi connectivity index (χ0n) is 15.5. The SMILES string of the molecule is CN(C)CCCN1C(=O)C(=O)/C(=C(\O)c2ccccc2)C1c1cccnc1. The number of carbonyl (C=O) groups is 2. The molecule has 2 heterocycles. The van der Waals surface area contributed by atoms with Crippen molar-refractivity contribution in [3.63, 3.8) is 0 Å². The number of ketones is 1. The Bertz CT molecular complexity index is 847. The number of aliphatic hydroxyl groups excluding tert-OH is 1. The van der Waals surface area contributed by atoms with Crippen LogP contribution in [0.4, 0.5) is 0 Å². The van der Waals surface area contributed by atoms with Gasteiger partial charge in [-0.25, -0.2) is 0 Å². The summed E-state index contributed by atoms with van der Waals surface area (Å²) in [5, 5.41) is 10.8. The number of aromatic nitrogens is 1. The van der Waals surface area contributed by atoms with Gasteiger partial charge in [0.05, 0.1) is 11.6 Å². The van der Waals surface area contributed by atoms with Crippen molar-refractivity contribution < 1.29 is 14.7 Å². The number of Topliss-reactive ketones (excluding diaryl/α,β-unsaturated/α-hetero) is 1. The number of likely N-dealkylation sites (tertiary alicyclic amines) is 1. The van der Waals surface area contributed by atoms with E-state index < -0.39 is 17.7 Å². The van der Waals surface area contributed by atoms with E-state index in [1.54, 1.807) is 42.7 Å². The first-order valence-electron chi connectivity index (χ1n) is 8.89. The molecule has 1 fully saturated rings. The van der Waals surface area contributed by atoms with Crippen molar-refractivity contribution in [2.45, 2.75) is 12.5 Å². The van der Waals surface area contributed by atoms with Crippen LogP contribution in [0.3, 0.4) is 0 Å². The lowest BCUT2D eigenvalue weighted by atomic mass is 9.96. The molecule has 1 aromatic heterocycles. The van der Waals surface area contributed by atoms with Gasteiger partial charge in [0.15, 0.2) is 0 Å². The predicted molar refractivity (Wildman–Crippen MR) is 103 cm³/mol. The number of amides is 1. The summed E-state index contributed by atoms with van der Waals surface area (Å²) in [6.45, 7) is 1.22. The van der Waals surface area contributed by atoms with Gasteiger partial charge >= 0.3 is 0 Å². The summed E-state index contributed by atoms with van der Waals surface area (Å²) in [6, 6.07) is 11.8. The van der Waals surface area contributed by atoms with Crippen molar-refractivity contribution >= 4 is 17.4 Å². The van der Waals surface area contributed by atoms with Crippen molar-refractivity contribution in [3.05, 3.63) is 71.6 Å². The maximum atomic E-state index is 12.8. The summed E-state index contributed by atoms with van der Waals surface area (Å²) in [7, 11) is 3.92. The van der Waals surface area contributed by atoms with Crippen LogP contribution in [0.5, 0.6) is 0 Å². The Hall–Kier alpha value is -2.99. The molecule has 140 valence electrons. The van der Waals surface area contributed by atoms with Gasteiger partial charge in [0.2, 0.25) is 0 Å². The van der Waals surface area contributed by atoms with Crippen molar-refractivity contribution in [1.29, 1.82) is 0 Å². The Morgan fingerprint density at radius 3 is 2.52 bits per heavy atom. The summed E-state index contributed by atoms with van der Waals surface area (Å²) in [6.07, 6.45) is 3.99. The van der Waals surface area contributed by atoms with E-state index in [1.165, 1.54) is 4.90 Å². The third kappa shape index (κ3) is 3.90. The van der Waals surface area contributed by atoms with Crippen LogP contribution in [-0.2, 0) is 9.59 Å². The monoisotopic (exact) mass is 365 g/mol. The molecule has 6 heteroatoms. The van der Waals surface area contributed by atoms with Crippen LogP contribution in [0.1, 0.15) is 23.6 Å². The molecule has 0 radical (unpaired) electrons. The van der Waals surface area contributed by atoms with E-state index in [0.717, 1.165) is 13.0 Å². The normalized spacial score (nSPS) is 19.1. The van der Waals surface area contributed by atoms with Crippen LogP contribution in [0.15, 0.2) is 60.4 Å². The molecular weight excluding hydrogens is 342 g/mol. The van der Waals surface area contributed by atoms with Gasteiger partial charge in [-0.05, 0) is 38.7 Å². The van der Waals surface area contributed by atoms with Crippen LogP contribution in [0.25, 0.3) is 5.76 Å². The zero-order chi connectivity index (χ0) is 19.4. The number of hydrogen-bond acceptors (Lipinski definition) is 5. The number of aliphatic hydroxyl groups is 1. The van der Waals surface area contributed by atoms with Gasteiger partial charge in [-0.3, -0.25) is 14.6 Å². The van der Waals surface area contributed by atoms with Gasteiger partial charge in [-0.15, -0.1) is 0 Å².